The molecular weight excluding hydrogens is 308 g/mol. The van der Waals surface area contributed by atoms with E-state index in [1.807, 2.05) is 0 Å². The molecule has 1 aromatic rings. The van der Waals surface area contributed by atoms with E-state index in [2.05, 4.69) is 15.0 Å². The van der Waals surface area contributed by atoms with E-state index >= 15 is 0 Å². The summed E-state index contributed by atoms with van der Waals surface area (Å²) < 4.78 is 5.31. The molecule has 0 spiro atoms. The number of Topliss-reactive ketones (excluding diaryl/α,β-unsaturated/α-hetero) is 1. The van der Waals surface area contributed by atoms with Crippen molar-refractivity contribution >= 4 is 23.7 Å². The van der Waals surface area contributed by atoms with Gasteiger partial charge in [-0.15, -0.1) is 0 Å². The number of ether oxygens (including phenoxy) is 1. The second-order valence-electron chi connectivity index (χ2n) is 5.25. The number of aromatic nitrogens is 2. The van der Waals surface area contributed by atoms with Crippen molar-refractivity contribution in [3.05, 3.63) is 17.6 Å². The third-order valence-electron chi connectivity index (χ3n) is 3.78. The summed E-state index contributed by atoms with van der Waals surface area (Å²) in [5, 5.41) is 28.8. The fourth-order valence-electron chi connectivity index (χ4n) is 2.49. The van der Waals surface area contributed by atoms with Crippen LogP contribution in [0.25, 0.3) is 0 Å². The highest BCUT2D eigenvalue weighted by Crippen LogP contribution is 2.33. The van der Waals surface area contributed by atoms with Crippen LogP contribution in [0.3, 0.4) is 0 Å². The van der Waals surface area contributed by atoms with Gasteiger partial charge in [-0.2, -0.15) is 0 Å². The lowest BCUT2D eigenvalue weighted by Crippen LogP contribution is -2.34. The van der Waals surface area contributed by atoms with Gasteiger partial charge in [0.25, 0.3) is 0 Å². The molecule has 5 unspecified atom stereocenters. The Hall–Kier alpha value is -2.27. The third kappa shape index (κ3) is 2.51. The third-order valence-corrected chi connectivity index (χ3v) is 3.78. The topological polar surface area (TPSA) is 168 Å². The zero-order valence-electron chi connectivity index (χ0n) is 11.7. The maximum absolute atomic E-state index is 12.1. The minimum absolute atomic E-state index is 0.00808. The highest BCUT2D eigenvalue weighted by molar-refractivity contribution is 6.22. The molecule has 2 aliphatic rings. The molecule has 1 fully saturated rings. The predicted molar refractivity (Wildman–Crippen MR) is 73.9 cm³/mol. The number of ketones is 1. The number of carbonyl (C=O) groups excluding carboxylic acids is 2. The second kappa shape index (κ2) is 5.74. The van der Waals surface area contributed by atoms with Gasteiger partial charge < -0.3 is 25.8 Å². The zero-order valence-corrected chi connectivity index (χ0v) is 11.7. The van der Waals surface area contributed by atoms with Crippen molar-refractivity contribution in [1.82, 2.24) is 9.97 Å². The number of primary amides is 1. The van der Waals surface area contributed by atoms with Gasteiger partial charge in [-0.05, 0) is 0 Å². The van der Waals surface area contributed by atoms with Crippen LogP contribution in [0.1, 0.15) is 22.3 Å². The van der Waals surface area contributed by atoms with Gasteiger partial charge >= 0.3 is 0 Å². The molecule has 0 bridgehead atoms. The van der Waals surface area contributed by atoms with Gasteiger partial charge in [-0.25, -0.2) is 15.0 Å². The number of nitrogens with two attached hydrogens (primary N) is 1. The summed E-state index contributed by atoms with van der Waals surface area (Å²) in [4.78, 5) is 35.1. The van der Waals surface area contributed by atoms with E-state index in [0.29, 0.717) is 0 Å². The van der Waals surface area contributed by atoms with Crippen LogP contribution < -0.4 is 5.73 Å². The van der Waals surface area contributed by atoms with Crippen molar-refractivity contribution in [3.8, 4) is 0 Å². The van der Waals surface area contributed by atoms with Crippen LogP contribution in [0.4, 0.5) is 5.82 Å². The van der Waals surface area contributed by atoms with Crippen LogP contribution in [0.2, 0.25) is 0 Å². The van der Waals surface area contributed by atoms with Crippen molar-refractivity contribution < 1.29 is 29.6 Å². The number of rotatable bonds is 3. The molecule has 1 aromatic heterocycles. The molecule has 5 N–H and O–H groups in total. The van der Waals surface area contributed by atoms with E-state index in [1.165, 1.54) is 6.20 Å². The first-order valence-electron chi connectivity index (χ1n) is 6.81. The van der Waals surface area contributed by atoms with Crippen LogP contribution in [0, 0.1) is 5.92 Å². The van der Waals surface area contributed by atoms with Crippen LogP contribution in [-0.4, -0.2) is 68.1 Å². The van der Waals surface area contributed by atoms with E-state index < -0.39 is 48.6 Å². The van der Waals surface area contributed by atoms with Gasteiger partial charge in [0.2, 0.25) is 5.91 Å². The smallest absolute Gasteiger partial charge is 0.233 e. The first-order chi connectivity index (χ1) is 10.9. The Bertz CT molecular complexity index is 693. The standard InChI is InChI=1S/C13H14N4O6/c14-11(22)4-1-15-12-5(7(4)19)2-16-13(17-12)10-9(21)8(20)6(3-18)23-10/h1-2,4,6,8-10,18,20-21H,3H2,(H2,14,22). The van der Waals surface area contributed by atoms with E-state index in [-0.39, 0.29) is 17.2 Å². The second-order valence-corrected chi connectivity index (χ2v) is 5.25. The van der Waals surface area contributed by atoms with E-state index in [9.17, 15) is 19.8 Å². The molecule has 3 rings (SSSR count). The summed E-state index contributed by atoms with van der Waals surface area (Å²) in [5.74, 6) is -2.51. The average molecular weight is 322 g/mol. The minimum Gasteiger partial charge on any atom is -0.394 e. The first kappa shape index (κ1) is 15.6. The molecule has 23 heavy (non-hydrogen) atoms. The number of fused-ring (bicyclic) bond motifs is 1. The van der Waals surface area contributed by atoms with Gasteiger partial charge in [0, 0.05) is 12.4 Å². The fraction of sp³-hybridized carbons (Fsp3) is 0.462. The molecular formula is C13H14N4O6. The monoisotopic (exact) mass is 322 g/mol. The maximum Gasteiger partial charge on any atom is 0.233 e. The Kier molecular flexibility index (Phi) is 3.90. The normalized spacial score (nSPS) is 32.8. The summed E-state index contributed by atoms with van der Waals surface area (Å²) in [7, 11) is 0. The fourth-order valence-corrected chi connectivity index (χ4v) is 2.49. The number of hydrogen-bond donors (Lipinski definition) is 4. The van der Waals surface area contributed by atoms with E-state index in [0.717, 1.165) is 6.21 Å². The Morgan fingerprint density at radius 1 is 1.35 bits per heavy atom. The number of nitrogens with zero attached hydrogens (tertiary/aromatic N) is 3. The number of aliphatic imine (C=N–C) groups is 1. The summed E-state index contributed by atoms with van der Waals surface area (Å²) in [6.45, 7) is -0.476. The SMILES string of the molecule is NC(=O)C1C=Nc2nc(C3OC(CO)C(O)C3O)ncc2C1=O. The molecule has 2 aliphatic heterocycles. The van der Waals surface area contributed by atoms with Crippen LogP contribution in [-0.2, 0) is 9.53 Å². The van der Waals surface area contributed by atoms with E-state index in [1.54, 1.807) is 0 Å². The van der Waals surface area contributed by atoms with Gasteiger partial charge in [0.15, 0.2) is 17.4 Å². The Labute approximate surface area is 129 Å². The molecule has 0 aromatic carbocycles. The minimum atomic E-state index is -1.33. The zero-order chi connectivity index (χ0) is 16.7. The van der Waals surface area contributed by atoms with Crippen molar-refractivity contribution in [2.24, 2.45) is 16.6 Å². The summed E-state index contributed by atoms with van der Waals surface area (Å²) in [5.41, 5.74) is 5.15. The maximum atomic E-state index is 12.1. The highest BCUT2D eigenvalue weighted by atomic mass is 16.6. The first-order valence-corrected chi connectivity index (χ1v) is 6.81. The summed E-state index contributed by atoms with van der Waals surface area (Å²) >= 11 is 0. The number of aliphatic hydroxyl groups is 3. The lowest BCUT2D eigenvalue weighted by atomic mass is 9.97. The molecule has 3 heterocycles. The van der Waals surface area contributed by atoms with Gasteiger partial charge in [0.1, 0.15) is 30.3 Å². The lowest BCUT2D eigenvalue weighted by Gasteiger charge is -2.17. The number of amides is 1. The van der Waals surface area contributed by atoms with Gasteiger partial charge in [-0.1, -0.05) is 0 Å². The van der Waals surface area contributed by atoms with Crippen molar-refractivity contribution in [3.63, 3.8) is 0 Å². The van der Waals surface area contributed by atoms with Gasteiger partial charge in [-0.3, -0.25) is 9.59 Å². The average Bonchev–Trinajstić information content (AvgIpc) is 2.82. The van der Waals surface area contributed by atoms with Gasteiger partial charge in [0.05, 0.1) is 12.2 Å². The van der Waals surface area contributed by atoms with Crippen molar-refractivity contribution in [1.29, 1.82) is 0 Å². The van der Waals surface area contributed by atoms with Crippen molar-refractivity contribution in [2.75, 3.05) is 6.61 Å². The molecule has 10 nitrogen and oxygen atoms in total. The summed E-state index contributed by atoms with van der Waals surface area (Å²) in [6, 6.07) is 0. The van der Waals surface area contributed by atoms with Crippen LogP contribution in [0.5, 0.6) is 0 Å². The molecule has 10 heteroatoms. The molecule has 1 saturated heterocycles. The number of hydrogen-bond acceptors (Lipinski definition) is 9. The molecule has 0 aliphatic carbocycles. The highest BCUT2D eigenvalue weighted by Gasteiger charge is 2.45. The molecule has 122 valence electrons. The van der Waals surface area contributed by atoms with Crippen molar-refractivity contribution in [2.45, 2.75) is 24.4 Å². The molecule has 5 atom stereocenters. The predicted octanol–water partition coefficient (Wildman–Crippen LogP) is -2.37. The Balaban J connectivity index is 1.92. The Morgan fingerprint density at radius 2 is 2.09 bits per heavy atom. The number of aliphatic hydroxyl groups excluding tert-OH is 3. The number of carbonyl (C=O) groups is 2. The van der Waals surface area contributed by atoms with E-state index in [4.69, 9.17) is 15.6 Å². The van der Waals surface area contributed by atoms with Crippen LogP contribution >= 0.6 is 0 Å². The molecule has 1 amide bonds. The Morgan fingerprint density at radius 3 is 2.70 bits per heavy atom. The largest absolute Gasteiger partial charge is 0.394 e. The summed E-state index contributed by atoms with van der Waals surface area (Å²) in [6.07, 6.45) is -2.37. The molecule has 0 radical (unpaired) electrons. The molecule has 0 saturated carbocycles. The quantitative estimate of drug-likeness (QED) is 0.448. The lowest BCUT2D eigenvalue weighted by molar-refractivity contribution is -0.118. The van der Waals surface area contributed by atoms with Crippen LogP contribution in [0.15, 0.2) is 11.2 Å².